The van der Waals surface area contributed by atoms with Crippen LogP contribution < -0.4 is 4.90 Å². The predicted molar refractivity (Wildman–Crippen MR) is 98.0 cm³/mol. The summed E-state index contributed by atoms with van der Waals surface area (Å²) in [6.45, 7) is 2.90. The molecule has 1 aromatic carbocycles. The molecule has 3 aliphatic heterocycles. The van der Waals surface area contributed by atoms with Gasteiger partial charge in [0, 0.05) is 10.7 Å². The lowest BCUT2D eigenvalue weighted by molar-refractivity contribution is -0.152. The number of halogens is 1. The molecule has 2 saturated heterocycles. The van der Waals surface area contributed by atoms with Gasteiger partial charge < -0.3 is 14.4 Å². The zero-order chi connectivity index (χ0) is 18.3. The molecule has 0 radical (unpaired) electrons. The number of amides is 1. The number of hydrogen-bond acceptors (Lipinski definition) is 4. The summed E-state index contributed by atoms with van der Waals surface area (Å²) in [7, 11) is 0. The number of carbonyl (C=O) groups is 2. The van der Waals surface area contributed by atoms with Crippen LogP contribution in [0.5, 0.6) is 0 Å². The number of benzene rings is 1. The summed E-state index contributed by atoms with van der Waals surface area (Å²) in [5.41, 5.74) is 0.0350. The Kier molecular flexibility index (Phi) is 4.53. The van der Waals surface area contributed by atoms with Crippen LogP contribution in [0.25, 0.3) is 0 Å². The zero-order valence-electron chi connectivity index (χ0n) is 14.7. The Balaban J connectivity index is 1.53. The first-order valence-electron chi connectivity index (χ1n) is 9.16. The molecule has 1 aromatic rings. The van der Waals surface area contributed by atoms with E-state index in [0.717, 1.165) is 24.9 Å². The molecule has 3 heterocycles. The molecule has 4 rings (SSSR count). The van der Waals surface area contributed by atoms with Crippen molar-refractivity contribution in [1.29, 1.82) is 0 Å². The zero-order valence-corrected chi connectivity index (χ0v) is 15.4. The van der Waals surface area contributed by atoms with E-state index in [-0.39, 0.29) is 18.0 Å². The molecule has 138 valence electrons. The minimum absolute atomic E-state index is 0.0883. The highest BCUT2D eigenvalue weighted by Crippen LogP contribution is 2.52. The smallest absolute Gasteiger partial charge is 0.312 e. The molecule has 26 heavy (non-hydrogen) atoms. The Morgan fingerprint density at radius 2 is 2.12 bits per heavy atom. The van der Waals surface area contributed by atoms with Crippen molar-refractivity contribution >= 4 is 29.2 Å². The lowest BCUT2D eigenvalue weighted by atomic mass is 9.77. The lowest BCUT2D eigenvalue weighted by Crippen LogP contribution is -2.40. The minimum atomic E-state index is -0.728. The topological polar surface area (TPSA) is 55.8 Å². The van der Waals surface area contributed by atoms with Crippen molar-refractivity contribution in [3.05, 3.63) is 41.4 Å². The molecule has 0 unspecified atom stereocenters. The standard InChI is InChI=1S/C20H22ClNO4/c1-2-3-4-11-25-19(24)16-15-9-10-20(26-15)12-22(18(23)17(16)20)14-7-5-13(21)6-8-14/h5-10,15-17H,2-4,11-12H2,1H3/t15-,16+,17+,20-/m0/s1. The number of unbranched alkanes of at least 4 members (excludes halogenated alkanes) is 2. The quantitative estimate of drug-likeness (QED) is 0.434. The van der Waals surface area contributed by atoms with E-state index < -0.39 is 17.4 Å². The van der Waals surface area contributed by atoms with Gasteiger partial charge in [-0.15, -0.1) is 0 Å². The van der Waals surface area contributed by atoms with Crippen LogP contribution >= 0.6 is 11.6 Å². The molecule has 0 aromatic heterocycles. The largest absolute Gasteiger partial charge is 0.465 e. The highest BCUT2D eigenvalue weighted by Gasteiger charge is 2.67. The van der Waals surface area contributed by atoms with E-state index in [1.165, 1.54) is 0 Å². The number of esters is 1. The van der Waals surface area contributed by atoms with Gasteiger partial charge in [-0.2, -0.15) is 0 Å². The van der Waals surface area contributed by atoms with E-state index in [9.17, 15) is 9.59 Å². The molecule has 6 heteroatoms. The second-order valence-corrected chi connectivity index (χ2v) is 7.61. The molecular weight excluding hydrogens is 354 g/mol. The number of ether oxygens (including phenoxy) is 2. The van der Waals surface area contributed by atoms with Crippen LogP contribution in [0.3, 0.4) is 0 Å². The van der Waals surface area contributed by atoms with Crippen molar-refractivity contribution in [3.8, 4) is 0 Å². The fraction of sp³-hybridized carbons (Fsp3) is 0.500. The van der Waals surface area contributed by atoms with Crippen molar-refractivity contribution in [2.45, 2.75) is 37.9 Å². The number of rotatable bonds is 6. The van der Waals surface area contributed by atoms with Crippen molar-refractivity contribution in [1.82, 2.24) is 0 Å². The fourth-order valence-electron chi connectivity index (χ4n) is 4.23. The van der Waals surface area contributed by atoms with Gasteiger partial charge in [0.05, 0.1) is 25.2 Å². The van der Waals surface area contributed by atoms with Crippen molar-refractivity contribution < 1.29 is 19.1 Å². The third-order valence-electron chi connectivity index (χ3n) is 5.50. The molecule has 5 nitrogen and oxygen atoms in total. The molecular formula is C20H22ClNO4. The van der Waals surface area contributed by atoms with Gasteiger partial charge in [-0.05, 0) is 30.7 Å². The van der Waals surface area contributed by atoms with Crippen LogP contribution in [-0.4, -0.2) is 36.7 Å². The Morgan fingerprint density at radius 1 is 1.35 bits per heavy atom. The SMILES string of the molecule is CCCCCOC(=O)[C@@H]1[C@@H]2C=C[C@@]3(CN(c4ccc(Cl)cc4)C(=O)[C@@H]13)O2. The van der Waals surface area contributed by atoms with Gasteiger partial charge in [0.1, 0.15) is 11.5 Å². The second-order valence-electron chi connectivity index (χ2n) is 7.18. The third-order valence-corrected chi connectivity index (χ3v) is 5.75. The molecule has 1 amide bonds. The molecule has 2 fully saturated rings. The number of fused-ring (bicyclic) bond motifs is 1. The van der Waals surface area contributed by atoms with E-state index in [1.807, 2.05) is 24.3 Å². The van der Waals surface area contributed by atoms with Crippen molar-refractivity contribution in [3.63, 3.8) is 0 Å². The first kappa shape index (κ1) is 17.6. The Labute approximate surface area is 157 Å². The highest BCUT2D eigenvalue weighted by molar-refractivity contribution is 6.30. The molecule has 0 N–H and O–H groups in total. The van der Waals surface area contributed by atoms with Gasteiger partial charge in [0.2, 0.25) is 5.91 Å². The first-order valence-corrected chi connectivity index (χ1v) is 9.54. The monoisotopic (exact) mass is 375 g/mol. The van der Waals surface area contributed by atoms with Crippen LogP contribution in [0.2, 0.25) is 5.02 Å². The number of hydrogen-bond donors (Lipinski definition) is 0. The molecule has 4 atom stereocenters. The fourth-order valence-corrected chi connectivity index (χ4v) is 4.35. The Morgan fingerprint density at radius 3 is 2.85 bits per heavy atom. The molecule has 2 bridgehead atoms. The van der Waals surface area contributed by atoms with Gasteiger partial charge in [-0.1, -0.05) is 43.5 Å². The normalized spacial score (nSPS) is 31.5. The van der Waals surface area contributed by atoms with Crippen molar-refractivity contribution in [2.75, 3.05) is 18.1 Å². The highest BCUT2D eigenvalue weighted by atomic mass is 35.5. The van der Waals surface area contributed by atoms with Gasteiger partial charge in [0.15, 0.2) is 0 Å². The van der Waals surface area contributed by atoms with Gasteiger partial charge in [-0.3, -0.25) is 9.59 Å². The number of nitrogens with zero attached hydrogens (tertiary/aromatic N) is 1. The molecule has 1 spiro atoms. The van der Waals surface area contributed by atoms with E-state index >= 15 is 0 Å². The molecule has 0 saturated carbocycles. The van der Waals surface area contributed by atoms with Crippen LogP contribution in [0.1, 0.15) is 26.2 Å². The number of anilines is 1. The van der Waals surface area contributed by atoms with Crippen LogP contribution in [0, 0.1) is 11.8 Å². The van der Waals surface area contributed by atoms with Crippen molar-refractivity contribution in [2.24, 2.45) is 11.8 Å². The van der Waals surface area contributed by atoms with Gasteiger partial charge in [0.25, 0.3) is 0 Å². The summed E-state index contributed by atoms with van der Waals surface area (Å²) in [6.07, 6.45) is 6.40. The third kappa shape index (κ3) is 2.74. The maximum absolute atomic E-state index is 13.1. The van der Waals surface area contributed by atoms with Crippen LogP contribution in [0.15, 0.2) is 36.4 Å². The summed E-state index contributed by atoms with van der Waals surface area (Å²) in [5.74, 6) is -1.50. The summed E-state index contributed by atoms with van der Waals surface area (Å²) in [5, 5.41) is 0.615. The van der Waals surface area contributed by atoms with Crippen LogP contribution in [0.4, 0.5) is 5.69 Å². The molecule has 0 aliphatic carbocycles. The van der Waals surface area contributed by atoms with E-state index in [1.54, 1.807) is 17.0 Å². The van der Waals surface area contributed by atoms with E-state index in [0.29, 0.717) is 18.2 Å². The Bertz CT molecular complexity index is 747. The van der Waals surface area contributed by atoms with Gasteiger partial charge in [-0.25, -0.2) is 0 Å². The Hall–Kier alpha value is -1.85. The number of carbonyl (C=O) groups excluding carboxylic acids is 2. The summed E-state index contributed by atoms with van der Waals surface area (Å²) in [4.78, 5) is 27.5. The average molecular weight is 376 g/mol. The lowest BCUT2D eigenvalue weighted by Gasteiger charge is -2.22. The van der Waals surface area contributed by atoms with Crippen LogP contribution in [-0.2, 0) is 19.1 Å². The summed E-state index contributed by atoms with van der Waals surface area (Å²) < 4.78 is 11.5. The second kappa shape index (κ2) is 6.71. The maximum atomic E-state index is 13.1. The summed E-state index contributed by atoms with van der Waals surface area (Å²) in [6, 6.07) is 7.13. The summed E-state index contributed by atoms with van der Waals surface area (Å²) >= 11 is 5.95. The first-order chi connectivity index (χ1) is 12.6. The van der Waals surface area contributed by atoms with E-state index in [2.05, 4.69) is 6.92 Å². The predicted octanol–water partition coefficient (Wildman–Crippen LogP) is 3.36. The van der Waals surface area contributed by atoms with Gasteiger partial charge >= 0.3 is 5.97 Å². The average Bonchev–Trinajstić information content (AvgIpc) is 3.28. The van der Waals surface area contributed by atoms with E-state index in [4.69, 9.17) is 21.1 Å². The molecule has 3 aliphatic rings. The maximum Gasteiger partial charge on any atom is 0.312 e. The minimum Gasteiger partial charge on any atom is -0.465 e.